The van der Waals surface area contributed by atoms with Crippen molar-refractivity contribution in [3.8, 4) is 0 Å². The van der Waals surface area contributed by atoms with Gasteiger partial charge in [0.1, 0.15) is 6.04 Å². The maximum Gasteiger partial charge on any atom is 0.321 e. The molecule has 82 valence electrons. The SMILES string of the molecule is COCCCN1CCC(C)C1C(=O)O. The molecule has 14 heavy (non-hydrogen) atoms. The zero-order chi connectivity index (χ0) is 10.6. The van der Waals surface area contributed by atoms with E-state index >= 15 is 0 Å². The molecule has 0 aromatic carbocycles. The Morgan fingerprint density at radius 3 is 2.93 bits per heavy atom. The molecule has 4 heteroatoms. The molecule has 2 unspecified atom stereocenters. The lowest BCUT2D eigenvalue weighted by molar-refractivity contribution is -0.143. The number of rotatable bonds is 5. The molecule has 0 spiro atoms. The molecule has 1 N–H and O–H groups in total. The Balaban J connectivity index is 2.39. The van der Waals surface area contributed by atoms with Crippen LogP contribution in [0.25, 0.3) is 0 Å². The van der Waals surface area contributed by atoms with Crippen LogP contribution in [-0.2, 0) is 9.53 Å². The average Bonchev–Trinajstić information content (AvgIpc) is 2.47. The average molecular weight is 201 g/mol. The molecule has 1 heterocycles. The lowest BCUT2D eigenvalue weighted by atomic mass is 10.0. The maximum atomic E-state index is 11.0. The summed E-state index contributed by atoms with van der Waals surface area (Å²) in [5.74, 6) is -0.414. The summed E-state index contributed by atoms with van der Waals surface area (Å²) < 4.78 is 4.95. The van der Waals surface area contributed by atoms with Crippen molar-refractivity contribution >= 4 is 5.97 Å². The first-order chi connectivity index (χ1) is 6.66. The van der Waals surface area contributed by atoms with Gasteiger partial charge in [0, 0.05) is 20.3 Å². The molecule has 1 fully saturated rings. The van der Waals surface area contributed by atoms with Gasteiger partial charge in [-0.1, -0.05) is 6.92 Å². The van der Waals surface area contributed by atoms with Crippen molar-refractivity contribution in [2.24, 2.45) is 5.92 Å². The minimum atomic E-state index is -0.688. The predicted octanol–water partition coefficient (Wildman–Crippen LogP) is 0.818. The van der Waals surface area contributed by atoms with Gasteiger partial charge in [0.05, 0.1) is 0 Å². The molecule has 0 bridgehead atoms. The van der Waals surface area contributed by atoms with Gasteiger partial charge in [-0.05, 0) is 25.3 Å². The highest BCUT2D eigenvalue weighted by atomic mass is 16.5. The van der Waals surface area contributed by atoms with Crippen LogP contribution in [0.5, 0.6) is 0 Å². The third-order valence-corrected chi connectivity index (χ3v) is 2.85. The molecule has 0 aromatic heterocycles. The fourth-order valence-electron chi connectivity index (χ4n) is 2.09. The number of hydrogen-bond acceptors (Lipinski definition) is 3. The topological polar surface area (TPSA) is 49.8 Å². The second kappa shape index (κ2) is 5.32. The van der Waals surface area contributed by atoms with E-state index in [1.54, 1.807) is 7.11 Å². The first kappa shape index (κ1) is 11.5. The van der Waals surface area contributed by atoms with Gasteiger partial charge in [0.15, 0.2) is 0 Å². The molecule has 0 amide bonds. The molecular formula is C10H19NO3. The minimum Gasteiger partial charge on any atom is -0.480 e. The summed E-state index contributed by atoms with van der Waals surface area (Å²) in [6, 6.07) is -0.285. The number of aliphatic carboxylic acids is 1. The maximum absolute atomic E-state index is 11.0. The van der Waals surface area contributed by atoms with Crippen LogP contribution in [0.15, 0.2) is 0 Å². The summed E-state index contributed by atoms with van der Waals surface area (Å²) in [4.78, 5) is 13.0. The van der Waals surface area contributed by atoms with Gasteiger partial charge in [0.25, 0.3) is 0 Å². The summed E-state index contributed by atoms with van der Waals surface area (Å²) in [6.45, 7) is 4.45. The van der Waals surface area contributed by atoms with Gasteiger partial charge in [-0.15, -0.1) is 0 Å². The van der Waals surface area contributed by atoms with Gasteiger partial charge >= 0.3 is 5.97 Å². The van der Waals surface area contributed by atoms with E-state index < -0.39 is 5.97 Å². The van der Waals surface area contributed by atoms with Crippen molar-refractivity contribution in [3.63, 3.8) is 0 Å². The zero-order valence-corrected chi connectivity index (χ0v) is 8.90. The number of carbonyl (C=O) groups is 1. The summed E-state index contributed by atoms with van der Waals surface area (Å²) in [7, 11) is 1.67. The first-order valence-corrected chi connectivity index (χ1v) is 5.12. The normalized spacial score (nSPS) is 28.1. The van der Waals surface area contributed by atoms with E-state index in [1.807, 2.05) is 11.8 Å². The van der Waals surface area contributed by atoms with Crippen LogP contribution in [0, 0.1) is 5.92 Å². The Kier molecular flexibility index (Phi) is 4.35. The van der Waals surface area contributed by atoms with Crippen molar-refractivity contribution in [1.82, 2.24) is 4.90 Å². The molecule has 1 aliphatic heterocycles. The van der Waals surface area contributed by atoms with E-state index in [0.29, 0.717) is 6.61 Å². The van der Waals surface area contributed by atoms with Gasteiger partial charge < -0.3 is 9.84 Å². The second-order valence-electron chi connectivity index (χ2n) is 3.93. The number of hydrogen-bond donors (Lipinski definition) is 1. The fourth-order valence-corrected chi connectivity index (χ4v) is 2.09. The molecule has 0 saturated carbocycles. The van der Waals surface area contributed by atoms with Crippen molar-refractivity contribution in [3.05, 3.63) is 0 Å². The molecule has 0 aromatic rings. The first-order valence-electron chi connectivity index (χ1n) is 5.12. The number of carboxylic acid groups (broad SMARTS) is 1. The molecule has 1 saturated heterocycles. The molecule has 2 atom stereocenters. The van der Waals surface area contributed by atoms with E-state index in [-0.39, 0.29) is 12.0 Å². The van der Waals surface area contributed by atoms with Crippen LogP contribution < -0.4 is 0 Å². The summed E-state index contributed by atoms with van der Waals surface area (Å²) in [6.07, 6.45) is 1.90. The highest BCUT2D eigenvalue weighted by molar-refractivity contribution is 5.74. The number of likely N-dealkylation sites (tertiary alicyclic amines) is 1. The quantitative estimate of drug-likeness (QED) is 0.669. The second-order valence-corrected chi connectivity index (χ2v) is 3.93. The Bertz CT molecular complexity index is 196. The van der Waals surface area contributed by atoms with E-state index in [2.05, 4.69) is 0 Å². The molecular weight excluding hydrogens is 182 g/mol. The third kappa shape index (κ3) is 2.69. The number of carboxylic acids is 1. The minimum absolute atomic E-state index is 0.273. The van der Waals surface area contributed by atoms with Gasteiger partial charge in [-0.25, -0.2) is 0 Å². The Labute approximate surface area is 84.8 Å². The summed E-state index contributed by atoms with van der Waals surface area (Å²) in [5, 5.41) is 9.04. The molecule has 4 nitrogen and oxygen atoms in total. The largest absolute Gasteiger partial charge is 0.480 e. The lowest BCUT2D eigenvalue weighted by Crippen LogP contribution is -2.39. The lowest BCUT2D eigenvalue weighted by Gasteiger charge is -2.22. The molecule has 1 aliphatic rings. The van der Waals surface area contributed by atoms with Crippen LogP contribution in [-0.4, -0.2) is 48.8 Å². The third-order valence-electron chi connectivity index (χ3n) is 2.85. The Morgan fingerprint density at radius 2 is 2.36 bits per heavy atom. The molecule has 1 rings (SSSR count). The molecule has 0 aliphatic carbocycles. The summed E-state index contributed by atoms with van der Waals surface area (Å²) >= 11 is 0. The van der Waals surface area contributed by atoms with Crippen LogP contribution in [0.4, 0.5) is 0 Å². The highest BCUT2D eigenvalue weighted by Crippen LogP contribution is 2.23. The standard InChI is InChI=1S/C10H19NO3/c1-8-4-6-11(5-3-7-14-2)9(8)10(12)13/h8-9H,3-7H2,1-2H3,(H,12,13). The monoisotopic (exact) mass is 201 g/mol. The van der Waals surface area contributed by atoms with Crippen LogP contribution in [0.3, 0.4) is 0 Å². The van der Waals surface area contributed by atoms with Gasteiger partial charge in [-0.3, -0.25) is 9.69 Å². The number of nitrogens with zero attached hydrogens (tertiary/aromatic N) is 1. The van der Waals surface area contributed by atoms with Crippen molar-refractivity contribution < 1.29 is 14.6 Å². The number of ether oxygens (including phenoxy) is 1. The molecule has 0 radical (unpaired) electrons. The van der Waals surface area contributed by atoms with Crippen molar-refractivity contribution in [2.75, 3.05) is 26.8 Å². The summed E-state index contributed by atoms with van der Waals surface area (Å²) in [5.41, 5.74) is 0. The van der Waals surface area contributed by atoms with E-state index in [4.69, 9.17) is 9.84 Å². The van der Waals surface area contributed by atoms with Crippen molar-refractivity contribution in [1.29, 1.82) is 0 Å². The van der Waals surface area contributed by atoms with Gasteiger partial charge in [-0.2, -0.15) is 0 Å². The smallest absolute Gasteiger partial charge is 0.321 e. The Hall–Kier alpha value is -0.610. The van der Waals surface area contributed by atoms with Crippen LogP contribution in [0.2, 0.25) is 0 Å². The highest BCUT2D eigenvalue weighted by Gasteiger charge is 2.35. The van der Waals surface area contributed by atoms with Crippen LogP contribution >= 0.6 is 0 Å². The van der Waals surface area contributed by atoms with E-state index in [1.165, 1.54) is 0 Å². The van der Waals surface area contributed by atoms with Crippen LogP contribution in [0.1, 0.15) is 19.8 Å². The number of methoxy groups -OCH3 is 1. The zero-order valence-electron chi connectivity index (χ0n) is 8.90. The fraction of sp³-hybridized carbons (Fsp3) is 0.900. The van der Waals surface area contributed by atoms with Gasteiger partial charge in [0.2, 0.25) is 0 Å². The van der Waals surface area contributed by atoms with Crippen molar-refractivity contribution in [2.45, 2.75) is 25.8 Å². The van der Waals surface area contributed by atoms with E-state index in [9.17, 15) is 4.79 Å². The Morgan fingerprint density at radius 1 is 1.64 bits per heavy atom. The van der Waals surface area contributed by atoms with E-state index in [0.717, 1.165) is 25.9 Å². The predicted molar refractivity (Wildman–Crippen MR) is 53.3 cm³/mol.